The van der Waals surface area contributed by atoms with Gasteiger partial charge in [0.05, 0.1) is 25.5 Å². The van der Waals surface area contributed by atoms with Crippen LogP contribution in [0.15, 0.2) is 47.6 Å². The van der Waals surface area contributed by atoms with E-state index >= 15 is 0 Å². The number of rotatable bonds is 5. The first-order valence-electron chi connectivity index (χ1n) is 7.32. The van der Waals surface area contributed by atoms with Gasteiger partial charge in [0.1, 0.15) is 11.5 Å². The SMILES string of the molecule is COc1ccc(/C=N/n2c(-c3ccccc3Cl)n[nH]c2=S)c(OC)c1. The fraction of sp³-hybridized carbons (Fsp3) is 0.118. The fourth-order valence-electron chi connectivity index (χ4n) is 2.26. The Hall–Kier alpha value is -2.64. The number of nitrogens with zero attached hydrogens (tertiary/aromatic N) is 3. The molecular formula is C17H15ClN4O2S. The Bertz CT molecular complexity index is 981. The van der Waals surface area contributed by atoms with Crippen molar-refractivity contribution < 1.29 is 9.47 Å². The normalized spacial score (nSPS) is 11.0. The molecule has 3 aromatic rings. The maximum atomic E-state index is 6.25. The lowest BCUT2D eigenvalue weighted by molar-refractivity contribution is 0.394. The second kappa shape index (κ2) is 7.50. The van der Waals surface area contributed by atoms with Gasteiger partial charge in [0.25, 0.3) is 0 Å². The molecule has 0 saturated heterocycles. The van der Waals surface area contributed by atoms with Gasteiger partial charge in [-0.1, -0.05) is 23.7 Å². The molecular weight excluding hydrogens is 360 g/mol. The summed E-state index contributed by atoms with van der Waals surface area (Å²) in [7, 11) is 3.19. The van der Waals surface area contributed by atoms with Crippen molar-refractivity contribution in [2.24, 2.45) is 5.10 Å². The molecule has 0 aliphatic carbocycles. The molecule has 25 heavy (non-hydrogen) atoms. The Morgan fingerprint density at radius 1 is 1.20 bits per heavy atom. The number of methoxy groups -OCH3 is 2. The van der Waals surface area contributed by atoms with Gasteiger partial charge in [0, 0.05) is 17.2 Å². The van der Waals surface area contributed by atoms with Gasteiger partial charge in [0.15, 0.2) is 5.82 Å². The lowest BCUT2D eigenvalue weighted by atomic mass is 10.2. The molecule has 0 atom stereocenters. The van der Waals surface area contributed by atoms with Crippen molar-refractivity contribution in [1.29, 1.82) is 0 Å². The third kappa shape index (κ3) is 3.57. The highest BCUT2D eigenvalue weighted by molar-refractivity contribution is 7.71. The Morgan fingerprint density at radius 2 is 2.00 bits per heavy atom. The van der Waals surface area contributed by atoms with E-state index in [0.29, 0.717) is 27.1 Å². The molecule has 0 fully saturated rings. The molecule has 128 valence electrons. The van der Waals surface area contributed by atoms with Gasteiger partial charge in [-0.05, 0) is 36.5 Å². The van der Waals surface area contributed by atoms with Crippen LogP contribution in [0.3, 0.4) is 0 Å². The molecule has 0 unspecified atom stereocenters. The maximum Gasteiger partial charge on any atom is 0.216 e. The minimum Gasteiger partial charge on any atom is -0.497 e. The fourth-order valence-corrected chi connectivity index (χ4v) is 2.66. The molecule has 1 N–H and O–H groups in total. The zero-order valence-corrected chi connectivity index (χ0v) is 15.1. The zero-order valence-electron chi connectivity index (χ0n) is 13.6. The van der Waals surface area contributed by atoms with E-state index in [1.54, 1.807) is 32.6 Å². The summed E-state index contributed by atoms with van der Waals surface area (Å²) in [6.45, 7) is 0. The Labute approximate surface area is 154 Å². The molecule has 1 aromatic heterocycles. The van der Waals surface area contributed by atoms with Crippen LogP contribution >= 0.6 is 23.8 Å². The van der Waals surface area contributed by atoms with Crippen LogP contribution in [0, 0.1) is 4.77 Å². The molecule has 8 heteroatoms. The minimum absolute atomic E-state index is 0.360. The zero-order chi connectivity index (χ0) is 17.8. The molecule has 0 aliphatic heterocycles. The van der Waals surface area contributed by atoms with Crippen molar-refractivity contribution in [3.63, 3.8) is 0 Å². The number of ether oxygens (including phenoxy) is 2. The van der Waals surface area contributed by atoms with Crippen LogP contribution in [-0.4, -0.2) is 35.3 Å². The standard InChI is InChI=1S/C17H15ClN4O2S/c1-23-12-8-7-11(15(9-12)24-2)10-19-22-16(20-21-17(22)25)13-5-3-4-6-14(13)18/h3-10H,1-2H3,(H,21,25)/b19-10+. The summed E-state index contributed by atoms with van der Waals surface area (Å²) in [4.78, 5) is 0. The highest BCUT2D eigenvalue weighted by atomic mass is 35.5. The molecule has 0 spiro atoms. The van der Waals surface area contributed by atoms with Gasteiger partial charge in [-0.2, -0.15) is 14.9 Å². The number of aromatic amines is 1. The Morgan fingerprint density at radius 3 is 2.72 bits per heavy atom. The van der Waals surface area contributed by atoms with E-state index in [1.807, 2.05) is 30.3 Å². The van der Waals surface area contributed by atoms with Crippen LogP contribution in [0.5, 0.6) is 11.5 Å². The van der Waals surface area contributed by atoms with Crippen molar-refractivity contribution in [2.45, 2.75) is 0 Å². The summed E-state index contributed by atoms with van der Waals surface area (Å²) in [6, 6.07) is 12.8. The summed E-state index contributed by atoms with van der Waals surface area (Å²) >= 11 is 11.5. The molecule has 1 heterocycles. The van der Waals surface area contributed by atoms with E-state index in [1.165, 1.54) is 4.68 Å². The maximum absolute atomic E-state index is 6.25. The van der Waals surface area contributed by atoms with E-state index < -0.39 is 0 Å². The van der Waals surface area contributed by atoms with Crippen LogP contribution in [0.1, 0.15) is 5.56 Å². The van der Waals surface area contributed by atoms with Crippen molar-refractivity contribution >= 4 is 30.0 Å². The lowest BCUT2D eigenvalue weighted by Crippen LogP contribution is -1.97. The first kappa shape index (κ1) is 17.2. The van der Waals surface area contributed by atoms with Gasteiger partial charge in [0.2, 0.25) is 4.77 Å². The lowest BCUT2D eigenvalue weighted by Gasteiger charge is -2.07. The van der Waals surface area contributed by atoms with Gasteiger partial charge in [-0.15, -0.1) is 0 Å². The predicted molar refractivity (Wildman–Crippen MR) is 100 cm³/mol. The van der Waals surface area contributed by atoms with E-state index in [4.69, 9.17) is 33.3 Å². The topological polar surface area (TPSA) is 64.4 Å². The van der Waals surface area contributed by atoms with Crippen molar-refractivity contribution in [2.75, 3.05) is 14.2 Å². The molecule has 2 aromatic carbocycles. The first-order valence-corrected chi connectivity index (χ1v) is 8.11. The summed E-state index contributed by atoms with van der Waals surface area (Å²) in [6.07, 6.45) is 1.64. The summed E-state index contributed by atoms with van der Waals surface area (Å²) < 4.78 is 12.4. The van der Waals surface area contributed by atoms with Crippen LogP contribution < -0.4 is 9.47 Å². The molecule has 3 rings (SSSR count). The second-order valence-corrected chi connectivity index (χ2v) is 5.79. The van der Waals surface area contributed by atoms with Crippen LogP contribution in [0.25, 0.3) is 11.4 Å². The number of H-pyrrole nitrogens is 1. The average Bonchev–Trinajstić information content (AvgIpc) is 3.00. The number of hydrogen-bond acceptors (Lipinski definition) is 5. The molecule has 0 aliphatic rings. The molecule has 6 nitrogen and oxygen atoms in total. The average molecular weight is 375 g/mol. The number of aromatic nitrogens is 3. The summed E-state index contributed by atoms with van der Waals surface area (Å²) in [5.41, 5.74) is 1.51. The Kier molecular flexibility index (Phi) is 5.16. The molecule has 0 amide bonds. The minimum atomic E-state index is 0.360. The number of benzene rings is 2. The van der Waals surface area contributed by atoms with E-state index in [0.717, 1.165) is 11.1 Å². The van der Waals surface area contributed by atoms with E-state index in [-0.39, 0.29) is 0 Å². The van der Waals surface area contributed by atoms with Gasteiger partial charge in [-0.25, -0.2) is 5.10 Å². The largest absolute Gasteiger partial charge is 0.497 e. The number of halogens is 1. The highest BCUT2D eigenvalue weighted by Crippen LogP contribution is 2.26. The van der Waals surface area contributed by atoms with Crippen molar-refractivity contribution in [1.82, 2.24) is 14.9 Å². The van der Waals surface area contributed by atoms with E-state index in [9.17, 15) is 0 Å². The van der Waals surface area contributed by atoms with Crippen LogP contribution in [0.4, 0.5) is 0 Å². The Balaban J connectivity index is 2.02. The van der Waals surface area contributed by atoms with E-state index in [2.05, 4.69) is 15.3 Å². The molecule has 0 radical (unpaired) electrons. The third-order valence-corrected chi connectivity index (χ3v) is 4.11. The van der Waals surface area contributed by atoms with Gasteiger partial charge >= 0.3 is 0 Å². The quantitative estimate of drug-likeness (QED) is 0.538. The number of hydrogen-bond donors (Lipinski definition) is 1. The second-order valence-electron chi connectivity index (χ2n) is 5.00. The molecule has 0 bridgehead atoms. The van der Waals surface area contributed by atoms with Gasteiger partial charge < -0.3 is 9.47 Å². The smallest absolute Gasteiger partial charge is 0.216 e. The highest BCUT2D eigenvalue weighted by Gasteiger charge is 2.11. The van der Waals surface area contributed by atoms with Gasteiger partial charge in [-0.3, -0.25) is 0 Å². The summed E-state index contributed by atoms with van der Waals surface area (Å²) in [5, 5.41) is 12.0. The van der Waals surface area contributed by atoms with Crippen molar-refractivity contribution in [3.8, 4) is 22.9 Å². The monoisotopic (exact) mass is 374 g/mol. The van der Waals surface area contributed by atoms with Crippen molar-refractivity contribution in [3.05, 3.63) is 57.8 Å². The summed E-state index contributed by atoms with van der Waals surface area (Å²) in [5.74, 6) is 1.86. The van der Waals surface area contributed by atoms with Crippen LogP contribution in [-0.2, 0) is 0 Å². The predicted octanol–water partition coefficient (Wildman–Crippen LogP) is 4.16. The molecule has 0 saturated carbocycles. The first-order chi connectivity index (χ1) is 12.1. The van der Waals surface area contributed by atoms with Crippen LogP contribution in [0.2, 0.25) is 5.02 Å². The third-order valence-electron chi connectivity index (χ3n) is 3.52. The number of nitrogens with one attached hydrogen (secondary N) is 1.